The Bertz CT molecular complexity index is 707. The van der Waals surface area contributed by atoms with Crippen molar-refractivity contribution < 1.29 is 8.42 Å². The molecule has 2 rings (SSSR count). The molecule has 0 aliphatic heterocycles. The molecule has 0 bridgehead atoms. The lowest BCUT2D eigenvalue weighted by atomic mass is 9.98. The van der Waals surface area contributed by atoms with Crippen LogP contribution in [0.1, 0.15) is 55.8 Å². The summed E-state index contributed by atoms with van der Waals surface area (Å²) in [4.78, 5) is 0. The van der Waals surface area contributed by atoms with Gasteiger partial charge in [-0.1, -0.05) is 75.4 Å². The van der Waals surface area contributed by atoms with Crippen molar-refractivity contribution in [3.05, 3.63) is 71.3 Å². The topological polar surface area (TPSA) is 46.2 Å². The third-order valence-electron chi connectivity index (χ3n) is 3.94. The number of sulfonamides is 1. The average molecular weight is 331 g/mol. The Labute approximate surface area is 139 Å². The lowest BCUT2D eigenvalue weighted by Gasteiger charge is -2.18. The number of hydrogen-bond acceptors (Lipinski definition) is 2. The minimum absolute atomic E-state index is 0.00835. The van der Waals surface area contributed by atoms with Gasteiger partial charge in [-0.3, -0.25) is 0 Å². The molecule has 3 nitrogen and oxygen atoms in total. The van der Waals surface area contributed by atoms with Crippen LogP contribution < -0.4 is 4.72 Å². The maximum absolute atomic E-state index is 12.4. The van der Waals surface area contributed by atoms with Crippen LogP contribution in [0.3, 0.4) is 0 Å². The van der Waals surface area contributed by atoms with Crippen LogP contribution in [0.2, 0.25) is 0 Å². The summed E-state index contributed by atoms with van der Waals surface area (Å²) < 4.78 is 27.6. The van der Waals surface area contributed by atoms with Gasteiger partial charge in [-0.05, 0) is 29.0 Å². The Morgan fingerprint density at radius 2 is 1.48 bits per heavy atom. The number of nitrogens with one attached hydrogen (secondary N) is 1. The van der Waals surface area contributed by atoms with Crippen LogP contribution in [0, 0.1) is 0 Å². The molecule has 0 aromatic heterocycles. The highest BCUT2D eigenvalue weighted by molar-refractivity contribution is 7.88. The first kappa shape index (κ1) is 17.7. The van der Waals surface area contributed by atoms with Crippen LogP contribution in [-0.4, -0.2) is 8.42 Å². The van der Waals surface area contributed by atoms with Crippen LogP contribution in [0.15, 0.2) is 54.6 Å². The van der Waals surface area contributed by atoms with Crippen molar-refractivity contribution in [1.82, 2.24) is 4.72 Å². The fraction of sp³-hybridized carbons (Fsp3) is 0.368. The summed E-state index contributed by atoms with van der Waals surface area (Å²) >= 11 is 0. The van der Waals surface area contributed by atoms with Crippen molar-refractivity contribution in [3.63, 3.8) is 0 Å². The largest absolute Gasteiger partial charge is 0.216 e. The molecule has 2 aromatic rings. The molecule has 0 fully saturated rings. The molecule has 0 aliphatic carbocycles. The van der Waals surface area contributed by atoms with E-state index in [4.69, 9.17) is 0 Å². The van der Waals surface area contributed by atoms with Gasteiger partial charge in [0.05, 0.1) is 5.75 Å². The standard InChI is InChI=1S/C19H25NO2S/c1-4-19(18-12-10-17(11-13-18)15(2)3)20-23(21,22)14-16-8-6-5-7-9-16/h5-13,15,19-20H,4,14H2,1-3H3. The molecule has 0 spiro atoms. The minimum Gasteiger partial charge on any atom is -0.212 e. The van der Waals surface area contributed by atoms with E-state index in [1.54, 1.807) is 0 Å². The highest BCUT2D eigenvalue weighted by atomic mass is 32.2. The fourth-order valence-electron chi connectivity index (χ4n) is 2.55. The molecule has 23 heavy (non-hydrogen) atoms. The van der Waals surface area contributed by atoms with Crippen LogP contribution >= 0.6 is 0 Å². The van der Waals surface area contributed by atoms with Crippen molar-refractivity contribution in [2.24, 2.45) is 0 Å². The van der Waals surface area contributed by atoms with Gasteiger partial charge in [0.2, 0.25) is 10.0 Å². The maximum Gasteiger partial charge on any atom is 0.216 e. The second kappa shape index (κ2) is 7.75. The van der Waals surface area contributed by atoms with E-state index in [2.05, 4.69) is 30.7 Å². The number of benzene rings is 2. The summed E-state index contributed by atoms with van der Waals surface area (Å²) in [6.07, 6.45) is 0.717. The number of rotatable bonds is 7. The molecule has 0 amide bonds. The quantitative estimate of drug-likeness (QED) is 0.818. The van der Waals surface area contributed by atoms with Crippen molar-refractivity contribution in [2.45, 2.75) is 44.9 Å². The third-order valence-corrected chi connectivity index (χ3v) is 5.29. The van der Waals surface area contributed by atoms with E-state index in [1.165, 1.54) is 5.56 Å². The molecular formula is C19H25NO2S. The van der Waals surface area contributed by atoms with Crippen LogP contribution in [-0.2, 0) is 15.8 Å². The van der Waals surface area contributed by atoms with E-state index < -0.39 is 10.0 Å². The highest BCUT2D eigenvalue weighted by Crippen LogP contribution is 2.22. The number of hydrogen-bond donors (Lipinski definition) is 1. The predicted molar refractivity (Wildman–Crippen MR) is 95.8 cm³/mol. The molecule has 4 heteroatoms. The molecule has 0 radical (unpaired) electrons. The van der Waals surface area contributed by atoms with Crippen molar-refractivity contribution in [2.75, 3.05) is 0 Å². The zero-order valence-corrected chi connectivity index (χ0v) is 14.8. The van der Waals surface area contributed by atoms with Crippen LogP contribution in [0.4, 0.5) is 0 Å². The normalized spacial score (nSPS) is 13.2. The van der Waals surface area contributed by atoms with Gasteiger partial charge in [-0.2, -0.15) is 0 Å². The lowest BCUT2D eigenvalue weighted by Crippen LogP contribution is -2.29. The van der Waals surface area contributed by atoms with E-state index in [1.807, 2.05) is 49.4 Å². The molecule has 1 unspecified atom stereocenters. The Hall–Kier alpha value is -1.65. The summed E-state index contributed by atoms with van der Waals surface area (Å²) in [6, 6.07) is 17.3. The second-order valence-corrected chi connectivity index (χ2v) is 7.90. The predicted octanol–water partition coefficient (Wildman–Crippen LogP) is 4.38. The molecule has 0 saturated carbocycles. The monoisotopic (exact) mass is 331 g/mol. The van der Waals surface area contributed by atoms with Gasteiger partial charge >= 0.3 is 0 Å². The summed E-state index contributed by atoms with van der Waals surface area (Å²) in [5, 5.41) is 0. The molecule has 0 aliphatic rings. The van der Waals surface area contributed by atoms with Crippen molar-refractivity contribution >= 4 is 10.0 Å². The SMILES string of the molecule is CCC(NS(=O)(=O)Cc1ccccc1)c1ccc(C(C)C)cc1. The Morgan fingerprint density at radius 1 is 0.913 bits per heavy atom. The molecule has 1 atom stereocenters. The molecule has 2 aromatic carbocycles. The van der Waals surface area contributed by atoms with E-state index >= 15 is 0 Å². The molecule has 0 heterocycles. The van der Waals surface area contributed by atoms with Gasteiger partial charge in [0.25, 0.3) is 0 Å². The lowest BCUT2D eigenvalue weighted by molar-refractivity contribution is 0.549. The Kier molecular flexibility index (Phi) is 5.97. The summed E-state index contributed by atoms with van der Waals surface area (Å²) in [5.41, 5.74) is 3.06. The zero-order chi connectivity index (χ0) is 16.9. The Morgan fingerprint density at radius 3 is 2.00 bits per heavy atom. The fourth-order valence-corrected chi connectivity index (χ4v) is 4.00. The van der Waals surface area contributed by atoms with Crippen molar-refractivity contribution in [3.8, 4) is 0 Å². The maximum atomic E-state index is 12.4. The Balaban J connectivity index is 2.11. The van der Waals surface area contributed by atoms with Gasteiger partial charge in [0.15, 0.2) is 0 Å². The van der Waals surface area contributed by atoms with Gasteiger partial charge < -0.3 is 0 Å². The van der Waals surface area contributed by atoms with E-state index in [0.29, 0.717) is 5.92 Å². The molecule has 124 valence electrons. The smallest absolute Gasteiger partial charge is 0.212 e. The van der Waals surface area contributed by atoms with Gasteiger partial charge in [-0.25, -0.2) is 13.1 Å². The minimum atomic E-state index is -3.37. The summed E-state index contributed by atoms with van der Waals surface area (Å²) in [6.45, 7) is 6.29. The van der Waals surface area contributed by atoms with E-state index in [0.717, 1.165) is 17.5 Å². The van der Waals surface area contributed by atoms with Crippen LogP contribution in [0.25, 0.3) is 0 Å². The first-order valence-corrected chi connectivity index (χ1v) is 9.70. The first-order valence-electron chi connectivity index (χ1n) is 8.05. The molecular weight excluding hydrogens is 306 g/mol. The first-order chi connectivity index (χ1) is 10.9. The van der Waals surface area contributed by atoms with Gasteiger partial charge in [0.1, 0.15) is 0 Å². The van der Waals surface area contributed by atoms with Crippen molar-refractivity contribution in [1.29, 1.82) is 0 Å². The summed E-state index contributed by atoms with van der Waals surface area (Å²) in [5.74, 6) is 0.480. The second-order valence-electron chi connectivity index (χ2n) is 6.14. The van der Waals surface area contributed by atoms with Gasteiger partial charge in [0, 0.05) is 6.04 Å². The van der Waals surface area contributed by atoms with Crippen LogP contribution in [0.5, 0.6) is 0 Å². The highest BCUT2D eigenvalue weighted by Gasteiger charge is 2.18. The zero-order valence-electron chi connectivity index (χ0n) is 14.0. The third kappa shape index (κ3) is 5.19. The van der Waals surface area contributed by atoms with Gasteiger partial charge in [-0.15, -0.1) is 0 Å². The molecule has 1 N–H and O–H groups in total. The van der Waals surface area contributed by atoms with E-state index in [9.17, 15) is 8.42 Å². The molecule has 0 saturated heterocycles. The van der Waals surface area contributed by atoms with E-state index in [-0.39, 0.29) is 11.8 Å². The summed E-state index contributed by atoms with van der Waals surface area (Å²) in [7, 11) is -3.37. The average Bonchev–Trinajstić information content (AvgIpc) is 2.53.